The maximum absolute atomic E-state index is 10.1. The molecule has 0 fully saturated rings. The van der Waals surface area contributed by atoms with E-state index in [2.05, 4.69) is 9.78 Å². The highest BCUT2D eigenvalue weighted by atomic mass is 17.1. The number of aryl methyl sites for hydroxylation is 2. The summed E-state index contributed by atoms with van der Waals surface area (Å²) in [6, 6.07) is 16.1. The van der Waals surface area contributed by atoms with Crippen LogP contribution in [0.15, 0.2) is 48.5 Å². The Labute approximate surface area is 215 Å². The minimum Gasteiger partial charge on any atom is -0.393 e. The van der Waals surface area contributed by atoms with Gasteiger partial charge in [0.1, 0.15) is 11.2 Å². The zero-order valence-corrected chi connectivity index (χ0v) is 22.2. The van der Waals surface area contributed by atoms with Crippen molar-refractivity contribution in [1.29, 1.82) is 0 Å². The van der Waals surface area contributed by atoms with Gasteiger partial charge in [-0.25, -0.2) is 9.78 Å². The lowest BCUT2D eigenvalue weighted by molar-refractivity contribution is -0.318. The molecule has 0 aromatic heterocycles. The van der Waals surface area contributed by atoms with Crippen molar-refractivity contribution in [2.75, 3.05) is 26.4 Å². The summed E-state index contributed by atoms with van der Waals surface area (Å²) in [7, 11) is 0. The molecule has 0 saturated carbocycles. The summed E-state index contributed by atoms with van der Waals surface area (Å²) in [4.78, 5) is 9.05. The Balaban J connectivity index is 1.47. The van der Waals surface area contributed by atoms with E-state index in [1.165, 1.54) is 11.1 Å². The maximum atomic E-state index is 10.1. The predicted octanol–water partition coefficient (Wildman–Crippen LogP) is 5.88. The average molecular weight is 505 g/mol. The third-order valence-corrected chi connectivity index (χ3v) is 6.45. The molecule has 0 aliphatic heterocycles. The van der Waals surface area contributed by atoms with Gasteiger partial charge in [0, 0.05) is 26.4 Å². The van der Waals surface area contributed by atoms with E-state index in [0.29, 0.717) is 39.3 Å². The molecular weight excluding hydrogens is 460 g/mol. The molecular formula is C29H44O7. The van der Waals surface area contributed by atoms with Crippen molar-refractivity contribution in [3.63, 3.8) is 0 Å². The van der Waals surface area contributed by atoms with Gasteiger partial charge in [-0.15, -0.1) is 0 Å². The number of hydrogen-bond acceptors (Lipinski definition) is 7. The molecule has 202 valence electrons. The van der Waals surface area contributed by atoms with Crippen molar-refractivity contribution in [2.24, 2.45) is 0 Å². The van der Waals surface area contributed by atoms with E-state index in [1.54, 1.807) is 0 Å². The second kappa shape index (κ2) is 15.4. The van der Waals surface area contributed by atoms with Gasteiger partial charge in [-0.05, 0) is 88.5 Å². The first-order valence-corrected chi connectivity index (χ1v) is 12.9. The molecule has 0 spiro atoms. The molecule has 0 aliphatic carbocycles. The summed E-state index contributed by atoms with van der Waals surface area (Å²) in [6.07, 6.45) is 4.44. The third kappa shape index (κ3) is 10.6. The number of aliphatic hydroxyl groups is 1. The summed E-state index contributed by atoms with van der Waals surface area (Å²) in [5, 5.41) is 28.1. The molecule has 2 rings (SSSR count). The Bertz CT molecular complexity index is 775. The van der Waals surface area contributed by atoms with Crippen LogP contribution >= 0.6 is 0 Å². The zero-order chi connectivity index (χ0) is 26.4. The Morgan fingerprint density at radius 3 is 1.31 bits per heavy atom. The highest BCUT2D eigenvalue weighted by molar-refractivity contribution is 5.27. The van der Waals surface area contributed by atoms with Gasteiger partial charge in [0.05, 0.1) is 6.10 Å². The van der Waals surface area contributed by atoms with Gasteiger partial charge in [-0.2, -0.15) is 0 Å². The molecule has 36 heavy (non-hydrogen) atoms. The fraction of sp³-hybridized carbons (Fsp3) is 0.586. The third-order valence-electron chi connectivity index (χ3n) is 6.45. The lowest BCUT2D eigenvalue weighted by atomic mass is 9.96. The smallest absolute Gasteiger partial charge is 0.123 e. The van der Waals surface area contributed by atoms with E-state index < -0.39 is 17.3 Å². The van der Waals surface area contributed by atoms with Crippen LogP contribution in [0.3, 0.4) is 0 Å². The first kappa shape index (κ1) is 30.4. The number of benzene rings is 2. The number of ether oxygens (including phenoxy) is 2. The van der Waals surface area contributed by atoms with Crippen molar-refractivity contribution in [3.05, 3.63) is 70.8 Å². The fourth-order valence-electron chi connectivity index (χ4n) is 3.79. The largest absolute Gasteiger partial charge is 0.393 e. The Kier molecular flexibility index (Phi) is 13.0. The molecule has 3 N–H and O–H groups in total. The summed E-state index contributed by atoms with van der Waals surface area (Å²) >= 11 is 0. The van der Waals surface area contributed by atoms with Crippen molar-refractivity contribution >= 4 is 0 Å². The Morgan fingerprint density at radius 2 is 0.972 bits per heavy atom. The molecule has 0 aliphatic rings. The van der Waals surface area contributed by atoms with E-state index in [-0.39, 0.29) is 0 Å². The minimum atomic E-state index is -0.712. The van der Waals surface area contributed by atoms with E-state index in [1.807, 2.05) is 76.2 Å². The maximum Gasteiger partial charge on any atom is 0.123 e. The fourth-order valence-corrected chi connectivity index (χ4v) is 3.79. The van der Waals surface area contributed by atoms with Crippen molar-refractivity contribution in [1.82, 2.24) is 0 Å². The van der Waals surface area contributed by atoms with Crippen LogP contribution in [0.25, 0.3) is 0 Å². The molecule has 0 unspecified atom stereocenters. The molecule has 0 amide bonds. The normalized spacial score (nSPS) is 12.4. The van der Waals surface area contributed by atoms with Crippen LogP contribution in [0.5, 0.6) is 0 Å². The Hall–Kier alpha value is -1.84. The van der Waals surface area contributed by atoms with Gasteiger partial charge >= 0.3 is 0 Å². The lowest BCUT2D eigenvalue weighted by Gasteiger charge is -2.21. The first-order chi connectivity index (χ1) is 17.2. The van der Waals surface area contributed by atoms with E-state index in [9.17, 15) is 5.11 Å². The predicted molar refractivity (Wildman–Crippen MR) is 140 cm³/mol. The van der Waals surface area contributed by atoms with Gasteiger partial charge in [0.15, 0.2) is 0 Å². The highest BCUT2D eigenvalue weighted by Gasteiger charge is 2.21. The first-order valence-electron chi connectivity index (χ1n) is 12.9. The Morgan fingerprint density at radius 1 is 0.611 bits per heavy atom. The van der Waals surface area contributed by atoms with Crippen LogP contribution in [-0.2, 0) is 43.3 Å². The van der Waals surface area contributed by atoms with Crippen molar-refractivity contribution < 1.29 is 34.9 Å². The lowest BCUT2D eigenvalue weighted by Crippen LogP contribution is -2.19. The summed E-state index contributed by atoms with van der Waals surface area (Å²) < 4.78 is 11.4. The van der Waals surface area contributed by atoms with Gasteiger partial charge in [0.2, 0.25) is 0 Å². The summed E-state index contributed by atoms with van der Waals surface area (Å²) in [5.74, 6) is 0. The van der Waals surface area contributed by atoms with E-state index in [4.69, 9.17) is 20.0 Å². The summed E-state index contributed by atoms with van der Waals surface area (Å²) in [5.41, 5.74) is 2.85. The standard InChI is InChI=1S/C29H44O7/c1-28(2,35-31)25-13-9-23(10-14-25)7-5-19-33-21-17-27(30)18-22-34-20-6-8-24-11-15-26(16-12-24)29(3,4)36-32/h9-16,27,30-32H,5-8,17-22H2,1-4H3. The van der Waals surface area contributed by atoms with Crippen LogP contribution < -0.4 is 0 Å². The molecule has 0 atom stereocenters. The van der Waals surface area contributed by atoms with Gasteiger partial charge < -0.3 is 14.6 Å². The number of hydrogen-bond donors (Lipinski definition) is 3. The quantitative estimate of drug-likeness (QED) is 0.133. The molecule has 2 aromatic rings. The van der Waals surface area contributed by atoms with Crippen LogP contribution in [0.4, 0.5) is 0 Å². The van der Waals surface area contributed by atoms with E-state index in [0.717, 1.165) is 36.8 Å². The molecule has 0 bridgehead atoms. The molecule has 7 heteroatoms. The van der Waals surface area contributed by atoms with Crippen LogP contribution in [0, 0.1) is 0 Å². The monoisotopic (exact) mass is 504 g/mol. The molecule has 0 radical (unpaired) electrons. The van der Waals surface area contributed by atoms with Crippen molar-refractivity contribution in [3.8, 4) is 0 Å². The SMILES string of the molecule is CC(C)(OO)c1ccc(CCCOCCC(O)CCOCCCc2ccc(C(C)(C)OO)cc2)cc1. The molecule has 0 saturated heterocycles. The van der Waals surface area contributed by atoms with E-state index >= 15 is 0 Å². The number of rotatable bonds is 18. The highest BCUT2D eigenvalue weighted by Crippen LogP contribution is 2.25. The van der Waals surface area contributed by atoms with Gasteiger partial charge in [0.25, 0.3) is 0 Å². The minimum absolute atomic E-state index is 0.417. The number of aliphatic hydroxyl groups excluding tert-OH is 1. The van der Waals surface area contributed by atoms with Crippen LogP contribution in [0.1, 0.15) is 75.6 Å². The summed E-state index contributed by atoms with van der Waals surface area (Å²) in [6.45, 7) is 9.65. The molecule has 7 nitrogen and oxygen atoms in total. The average Bonchev–Trinajstić information content (AvgIpc) is 2.88. The zero-order valence-electron chi connectivity index (χ0n) is 22.2. The molecule has 0 heterocycles. The van der Waals surface area contributed by atoms with Crippen molar-refractivity contribution in [2.45, 2.75) is 83.5 Å². The second-order valence-electron chi connectivity index (χ2n) is 10.3. The second-order valence-corrected chi connectivity index (χ2v) is 10.3. The van der Waals surface area contributed by atoms with Crippen LogP contribution in [0.2, 0.25) is 0 Å². The molecule has 2 aromatic carbocycles. The van der Waals surface area contributed by atoms with Gasteiger partial charge in [-0.3, -0.25) is 10.5 Å². The topological polar surface area (TPSA) is 97.6 Å². The van der Waals surface area contributed by atoms with Crippen LogP contribution in [-0.4, -0.2) is 48.2 Å². The van der Waals surface area contributed by atoms with Gasteiger partial charge in [-0.1, -0.05) is 48.5 Å².